The largest absolute Gasteiger partial charge is 0.368 e. The molecule has 9 heteroatoms. The Morgan fingerprint density at radius 1 is 1.21 bits per heavy atom. The van der Waals surface area contributed by atoms with E-state index in [-0.39, 0.29) is 35.7 Å². The fourth-order valence-electron chi connectivity index (χ4n) is 3.55. The Morgan fingerprint density at radius 3 is 2.55 bits per heavy atom. The molecular weight excluding hydrogens is 504 g/mol. The minimum Gasteiger partial charge on any atom is -0.368 e. The smallest absolute Gasteiger partial charge is 0.224 e. The van der Waals surface area contributed by atoms with E-state index in [2.05, 4.69) is 20.5 Å². The third-order valence-corrected chi connectivity index (χ3v) is 6.60. The molecule has 1 unspecified atom stereocenters. The number of hydrogen-bond donors (Lipinski definition) is 2. The number of anilines is 1. The average molecular weight is 535 g/mol. The van der Waals surface area contributed by atoms with Crippen LogP contribution in [-0.2, 0) is 4.79 Å². The Kier molecular flexibility index (Phi) is 10.3. The van der Waals surface area contributed by atoms with Gasteiger partial charge in [-0.15, -0.1) is 24.0 Å². The SMILES string of the molecule is CN=C(NCCC(=O)N1CCN(c2ccc(F)cc2)CC1)NCC1CCCS1.I. The summed E-state index contributed by atoms with van der Waals surface area (Å²) < 4.78 is 13.1. The van der Waals surface area contributed by atoms with Gasteiger partial charge in [-0.3, -0.25) is 9.79 Å². The normalized spacial score (nSPS) is 19.7. The number of guanidine groups is 1. The zero-order valence-electron chi connectivity index (χ0n) is 16.9. The van der Waals surface area contributed by atoms with Crippen molar-refractivity contribution in [2.45, 2.75) is 24.5 Å². The molecule has 1 amide bonds. The second-order valence-electron chi connectivity index (χ2n) is 7.11. The van der Waals surface area contributed by atoms with Crippen LogP contribution >= 0.6 is 35.7 Å². The van der Waals surface area contributed by atoms with Crippen LogP contribution in [0.15, 0.2) is 29.3 Å². The van der Waals surface area contributed by atoms with Crippen LogP contribution in [0.25, 0.3) is 0 Å². The molecular formula is C20H31FIN5OS. The number of carbonyl (C=O) groups is 1. The van der Waals surface area contributed by atoms with Gasteiger partial charge in [0.25, 0.3) is 0 Å². The van der Waals surface area contributed by atoms with E-state index in [4.69, 9.17) is 0 Å². The molecule has 3 rings (SSSR count). The van der Waals surface area contributed by atoms with Crippen molar-refractivity contribution in [1.82, 2.24) is 15.5 Å². The van der Waals surface area contributed by atoms with Crippen molar-refractivity contribution in [1.29, 1.82) is 0 Å². The first-order valence-electron chi connectivity index (χ1n) is 10.00. The summed E-state index contributed by atoms with van der Waals surface area (Å²) in [5.41, 5.74) is 1.01. The topological polar surface area (TPSA) is 60.0 Å². The fraction of sp³-hybridized carbons (Fsp3) is 0.600. The lowest BCUT2D eigenvalue weighted by Crippen LogP contribution is -2.49. The van der Waals surface area contributed by atoms with Gasteiger partial charge < -0.3 is 20.4 Å². The van der Waals surface area contributed by atoms with Crippen LogP contribution in [0, 0.1) is 5.82 Å². The van der Waals surface area contributed by atoms with Crippen LogP contribution in [0.2, 0.25) is 0 Å². The number of amides is 1. The number of carbonyl (C=O) groups excluding carboxylic acids is 1. The van der Waals surface area contributed by atoms with Gasteiger partial charge in [0.15, 0.2) is 5.96 Å². The third-order valence-electron chi connectivity index (χ3n) is 5.20. The predicted molar refractivity (Wildman–Crippen MR) is 130 cm³/mol. The fourth-order valence-corrected chi connectivity index (χ4v) is 4.75. The maximum Gasteiger partial charge on any atom is 0.224 e. The molecule has 2 saturated heterocycles. The van der Waals surface area contributed by atoms with Crippen LogP contribution in [0.3, 0.4) is 0 Å². The van der Waals surface area contributed by atoms with Crippen molar-refractivity contribution in [3.05, 3.63) is 30.1 Å². The maximum absolute atomic E-state index is 13.1. The second kappa shape index (κ2) is 12.5. The molecule has 2 N–H and O–H groups in total. The van der Waals surface area contributed by atoms with E-state index in [1.165, 1.54) is 30.7 Å². The Hall–Kier alpha value is -1.23. The van der Waals surface area contributed by atoms with E-state index in [0.29, 0.717) is 31.3 Å². The molecule has 0 spiro atoms. The number of thioether (sulfide) groups is 1. The maximum atomic E-state index is 13.1. The van der Waals surface area contributed by atoms with Crippen LogP contribution in [-0.4, -0.2) is 74.1 Å². The van der Waals surface area contributed by atoms with Gasteiger partial charge in [0.1, 0.15) is 5.82 Å². The Labute approximate surface area is 194 Å². The van der Waals surface area contributed by atoms with Crippen molar-refractivity contribution in [2.75, 3.05) is 57.0 Å². The predicted octanol–water partition coefficient (Wildman–Crippen LogP) is 2.54. The number of benzene rings is 1. The van der Waals surface area contributed by atoms with Crippen molar-refractivity contribution in [3.8, 4) is 0 Å². The summed E-state index contributed by atoms with van der Waals surface area (Å²) >= 11 is 2.01. The van der Waals surface area contributed by atoms with E-state index >= 15 is 0 Å². The van der Waals surface area contributed by atoms with Crippen LogP contribution in [0.5, 0.6) is 0 Å². The van der Waals surface area contributed by atoms with Gasteiger partial charge >= 0.3 is 0 Å². The number of piperazine rings is 1. The van der Waals surface area contributed by atoms with E-state index in [1.807, 2.05) is 16.7 Å². The van der Waals surface area contributed by atoms with Gasteiger partial charge in [0, 0.05) is 63.7 Å². The lowest BCUT2D eigenvalue weighted by molar-refractivity contribution is -0.131. The van der Waals surface area contributed by atoms with Gasteiger partial charge in [0.05, 0.1) is 0 Å². The van der Waals surface area contributed by atoms with Crippen molar-refractivity contribution in [3.63, 3.8) is 0 Å². The zero-order valence-corrected chi connectivity index (χ0v) is 20.0. The summed E-state index contributed by atoms with van der Waals surface area (Å²) in [4.78, 5) is 20.8. The van der Waals surface area contributed by atoms with Crippen LogP contribution in [0.1, 0.15) is 19.3 Å². The molecule has 2 aliphatic heterocycles. The Bertz CT molecular complexity index is 661. The lowest BCUT2D eigenvalue weighted by atomic mass is 10.2. The zero-order chi connectivity index (χ0) is 19.8. The first-order valence-corrected chi connectivity index (χ1v) is 11.0. The summed E-state index contributed by atoms with van der Waals surface area (Å²) in [6.07, 6.45) is 3.01. The molecule has 0 saturated carbocycles. The standard InChI is InChI=1S/C20H30FN5OS.HI/c1-22-20(24-15-18-3-2-14-28-18)23-9-8-19(27)26-12-10-25(11-13-26)17-6-4-16(21)5-7-17;/h4-7,18H,2-3,8-15H2,1H3,(H2,22,23,24);1H. The first kappa shape index (κ1) is 24.0. The summed E-state index contributed by atoms with van der Waals surface area (Å²) in [5, 5.41) is 7.26. The molecule has 0 aromatic heterocycles. The molecule has 0 radical (unpaired) electrons. The molecule has 162 valence electrons. The summed E-state index contributed by atoms with van der Waals surface area (Å²) in [6, 6.07) is 6.54. The molecule has 1 aromatic carbocycles. The highest BCUT2D eigenvalue weighted by Gasteiger charge is 2.21. The number of hydrogen-bond acceptors (Lipinski definition) is 4. The van der Waals surface area contributed by atoms with Gasteiger partial charge in [-0.2, -0.15) is 11.8 Å². The number of rotatable bonds is 6. The van der Waals surface area contributed by atoms with E-state index in [9.17, 15) is 9.18 Å². The first-order chi connectivity index (χ1) is 13.7. The Morgan fingerprint density at radius 2 is 1.93 bits per heavy atom. The second-order valence-corrected chi connectivity index (χ2v) is 8.52. The number of halogens is 2. The molecule has 2 aliphatic rings. The molecule has 0 bridgehead atoms. The van der Waals surface area contributed by atoms with Crippen molar-refractivity contribution < 1.29 is 9.18 Å². The van der Waals surface area contributed by atoms with Gasteiger partial charge in [-0.25, -0.2) is 4.39 Å². The van der Waals surface area contributed by atoms with Crippen LogP contribution in [0.4, 0.5) is 10.1 Å². The quantitative estimate of drug-likeness (QED) is 0.333. The summed E-state index contributed by atoms with van der Waals surface area (Å²) in [5.74, 6) is 1.95. The highest BCUT2D eigenvalue weighted by atomic mass is 127. The third kappa shape index (κ3) is 7.51. The van der Waals surface area contributed by atoms with Crippen LogP contribution < -0.4 is 15.5 Å². The summed E-state index contributed by atoms with van der Waals surface area (Å²) in [6.45, 7) is 4.43. The molecule has 2 fully saturated rings. The highest BCUT2D eigenvalue weighted by Crippen LogP contribution is 2.25. The number of nitrogens with zero attached hydrogens (tertiary/aromatic N) is 3. The minimum atomic E-state index is -0.225. The monoisotopic (exact) mass is 535 g/mol. The number of aliphatic imine (C=N–C) groups is 1. The number of nitrogens with one attached hydrogen (secondary N) is 2. The van der Waals surface area contributed by atoms with Crippen molar-refractivity contribution in [2.24, 2.45) is 4.99 Å². The van der Waals surface area contributed by atoms with Crippen molar-refractivity contribution >= 4 is 53.3 Å². The Balaban J connectivity index is 0.00000300. The van der Waals surface area contributed by atoms with Gasteiger partial charge in [-0.05, 0) is 42.9 Å². The van der Waals surface area contributed by atoms with E-state index < -0.39 is 0 Å². The molecule has 1 aromatic rings. The van der Waals surface area contributed by atoms with Gasteiger partial charge in [-0.1, -0.05) is 0 Å². The van der Waals surface area contributed by atoms with E-state index in [1.54, 1.807) is 19.2 Å². The summed E-state index contributed by atoms with van der Waals surface area (Å²) in [7, 11) is 1.76. The molecule has 1 atom stereocenters. The molecule has 0 aliphatic carbocycles. The van der Waals surface area contributed by atoms with Gasteiger partial charge in [0.2, 0.25) is 5.91 Å². The molecule has 2 heterocycles. The lowest BCUT2D eigenvalue weighted by Gasteiger charge is -2.36. The molecule has 6 nitrogen and oxygen atoms in total. The van der Waals surface area contributed by atoms with E-state index in [0.717, 1.165) is 31.3 Å². The molecule has 29 heavy (non-hydrogen) atoms. The average Bonchev–Trinajstić information content (AvgIpc) is 3.25. The minimum absolute atomic E-state index is 0. The highest BCUT2D eigenvalue weighted by molar-refractivity contribution is 14.0.